The van der Waals surface area contributed by atoms with E-state index < -0.39 is 0 Å². The lowest BCUT2D eigenvalue weighted by atomic mass is 10.2. The second kappa shape index (κ2) is 5.82. The van der Waals surface area contributed by atoms with E-state index in [1.165, 1.54) is 12.8 Å². The molecule has 94 valence electrons. The summed E-state index contributed by atoms with van der Waals surface area (Å²) in [6.45, 7) is 1.10. The Hall–Kier alpha value is -1.36. The predicted octanol–water partition coefficient (Wildman–Crippen LogP) is 0.661. The van der Waals surface area contributed by atoms with Gasteiger partial charge in [0.15, 0.2) is 0 Å². The summed E-state index contributed by atoms with van der Waals surface area (Å²) in [5, 5.41) is 6.10. The maximum Gasteiger partial charge on any atom is 0.240 e. The van der Waals surface area contributed by atoms with Gasteiger partial charge in [-0.15, -0.1) is 0 Å². The molecule has 17 heavy (non-hydrogen) atoms. The van der Waals surface area contributed by atoms with Crippen LogP contribution >= 0.6 is 0 Å². The van der Waals surface area contributed by atoms with E-state index >= 15 is 0 Å². The van der Waals surface area contributed by atoms with Crippen molar-refractivity contribution in [1.29, 1.82) is 0 Å². The van der Waals surface area contributed by atoms with Gasteiger partial charge in [-0.3, -0.25) is 4.79 Å². The quantitative estimate of drug-likeness (QED) is 0.789. The molecule has 1 aliphatic carbocycles. The molecule has 2 rings (SSSR count). The lowest BCUT2D eigenvalue weighted by molar-refractivity contribution is -0.122. The third-order valence-corrected chi connectivity index (χ3v) is 3.09. The van der Waals surface area contributed by atoms with E-state index in [0.29, 0.717) is 12.6 Å². The van der Waals surface area contributed by atoms with Crippen molar-refractivity contribution in [1.82, 2.24) is 20.2 Å². The van der Waals surface area contributed by atoms with Crippen LogP contribution in [0.4, 0.5) is 0 Å². The molecule has 2 N–H and O–H groups in total. The zero-order valence-electron chi connectivity index (χ0n) is 10.3. The Morgan fingerprint density at radius 2 is 2.29 bits per heavy atom. The van der Waals surface area contributed by atoms with Crippen LogP contribution in [-0.2, 0) is 17.9 Å². The maximum atomic E-state index is 11.8. The Bertz CT molecular complexity index is 368. The number of hydrogen-bond donors (Lipinski definition) is 2. The fraction of sp³-hybridized carbons (Fsp3) is 0.667. The second-order valence-electron chi connectivity index (χ2n) is 4.62. The van der Waals surface area contributed by atoms with Gasteiger partial charge in [0.2, 0.25) is 5.91 Å². The van der Waals surface area contributed by atoms with Gasteiger partial charge in [-0.25, -0.2) is 4.98 Å². The number of carbonyl (C=O) groups excluding carboxylic acids is 1. The summed E-state index contributed by atoms with van der Waals surface area (Å²) in [7, 11) is 1.88. The molecule has 0 radical (unpaired) electrons. The van der Waals surface area contributed by atoms with Crippen LogP contribution in [0.1, 0.15) is 31.4 Å². The lowest BCUT2D eigenvalue weighted by Crippen LogP contribution is -2.34. The van der Waals surface area contributed by atoms with Gasteiger partial charge in [-0.1, -0.05) is 12.8 Å². The first-order chi connectivity index (χ1) is 8.28. The molecule has 0 aromatic carbocycles. The highest BCUT2D eigenvalue weighted by molar-refractivity contribution is 5.76. The van der Waals surface area contributed by atoms with Crippen molar-refractivity contribution < 1.29 is 4.79 Å². The fourth-order valence-electron chi connectivity index (χ4n) is 2.27. The van der Waals surface area contributed by atoms with E-state index in [-0.39, 0.29) is 5.91 Å². The Kier molecular flexibility index (Phi) is 4.14. The van der Waals surface area contributed by atoms with Crippen LogP contribution in [0.3, 0.4) is 0 Å². The highest BCUT2D eigenvalue weighted by Gasteiger charge is 2.17. The summed E-state index contributed by atoms with van der Waals surface area (Å²) in [5.74, 6) is 0.0882. The minimum atomic E-state index is 0.0882. The van der Waals surface area contributed by atoms with Gasteiger partial charge in [-0.2, -0.15) is 0 Å². The maximum absolute atomic E-state index is 11.8. The van der Waals surface area contributed by atoms with Crippen LogP contribution in [0.25, 0.3) is 0 Å². The summed E-state index contributed by atoms with van der Waals surface area (Å²) in [5.41, 5.74) is 0.959. The van der Waals surface area contributed by atoms with Crippen LogP contribution in [-0.4, -0.2) is 28.5 Å². The largest absolute Gasteiger partial charge is 0.352 e. The highest BCUT2D eigenvalue weighted by atomic mass is 16.2. The topological polar surface area (TPSA) is 59.0 Å². The summed E-state index contributed by atoms with van der Waals surface area (Å²) in [6, 6.07) is 0.391. The molecular formula is C12H20N4O. The molecule has 1 heterocycles. The van der Waals surface area contributed by atoms with Crippen LogP contribution in [0, 0.1) is 0 Å². The first-order valence-corrected chi connectivity index (χ1v) is 6.22. The molecule has 1 aromatic heterocycles. The Balaban J connectivity index is 1.80. The van der Waals surface area contributed by atoms with Crippen LogP contribution in [0.15, 0.2) is 12.5 Å². The van der Waals surface area contributed by atoms with E-state index in [2.05, 4.69) is 15.6 Å². The number of amides is 1. The van der Waals surface area contributed by atoms with Crippen molar-refractivity contribution in [2.75, 3.05) is 7.05 Å². The van der Waals surface area contributed by atoms with Gasteiger partial charge < -0.3 is 15.2 Å². The third kappa shape index (κ3) is 3.56. The van der Waals surface area contributed by atoms with Gasteiger partial charge in [0.05, 0.1) is 12.0 Å². The number of nitrogens with one attached hydrogen (secondary N) is 2. The Morgan fingerprint density at radius 1 is 1.53 bits per heavy atom. The van der Waals surface area contributed by atoms with E-state index in [1.54, 1.807) is 6.33 Å². The Labute approximate surface area is 102 Å². The van der Waals surface area contributed by atoms with Crippen LogP contribution in [0.5, 0.6) is 0 Å². The minimum absolute atomic E-state index is 0.0882. The molecule has 1 fully saturated rings. The van der Waals surface area contributed by atoms with Gasteiger partial charge in [0, 0.05) is 18.8 Å². The van der Waals surface area contributed by atoms with Gasteiger partial charge in [-0.05, 0) is 19.9 Å². The molecule has 1 aromatic rings. The van der Waals surface area contributed by atoms with Crippen LogP contribution < -0.4 is 10.6 Å². The van der Waals surface area contributed by atoms with Crippen molar-refractivity contribution >= 4 is 5.91 Å². The molecule has 1 aliphatic rings. The number of nitrogens with zero attached hydrogens (tertiary/aromatic N) is 2. The summed E-state index contributed by atoms with van der Waals surface area (Å²) in [4.78, 5) is 16.0. The smallest absolute Gasteiger partial charge is 0.240 e. The van der Waals surface area contributed by atoms with Crippen molar-refractivity contribution in [3.05, 3.63) is 18.2 Å². The monoisotopic (exact) mass is 236 g/mol. The predicted molar refractivity (Wildman–Crippen MR) is 65.4 cm³/mol. The fourth-order valence-corrected chi connectivity index (χ4v) is 2.27. The van der Waals surface area contributed by atoms with Crippen LogP contribution in [0.2, 0.25) is 0 Å². The molecule has 0 saturated heterocycles. The summed E-state index contributed by atoms with van der Waals surface area (Å²) < 4.78 is 1.83. The van der Waals surface area contributed by atoms with E-state index in [0.717, 1.165) is 25.1 Å². The zero-order valence-corrected chi connectivity index (χ0v) is 10.3. The van der Waals surface area contributed by atoms with E-state index in [4.69, 9.17) is 0 Å². The van der Waals surface area contributed by atoms with Crippen molar-refractivity contribution in [3.63, 3.8) is 0 Å². The third-order valence-electron chi connectivity index (χ3n) is 3.09. The molecule has 0 spiro atoms. The Morgan fingerprint density at radius 3 is 3.00 bits per heavy atom. The molecule has 0 atom stereocenters. The number of carbonyl (C=O) groups is 1. The van der Waals surface area contributed by atoms with E-state index in [9.17, 15) is 4.79 Å². The molecule has 1 saturated carbocycles. The molecular weight excluding hydrogens is 216 g/mol. The number of rotatable bonds is 5. The van der Waals surface area contributed by atoms with Gasteiger partial charge in [0.1, 0.15) is 6.54 Å². The minimum Gasteiger partial charge on any atom is -0.352 e. The average Bonchev–Trinajstić information content (AvgIpc) is 2.91. The summed E-state index contributed by atoms with van der Waals surface area (Å²) >= 11 is 0. The van der Waals surface area contributed by atoms with Crippen molar-refractivity contribution in [2.24, 2.45) is 0 Å². The van der Waals surface area contributed by atoms with Crippen molar-refractivity contribution in [3.8, 4) is 0 Å². The molecule has 0 unspecified atom stereocenters. The number of aromatic nitrogens is 2. The number of hydrogen-bond acceptors (Lipinski definition) is 3. The SMILES string of the molecule is CNCc1cn(CC(=O)NC2CCCC2)cn1. The normalized spacial score (nSPS) is 16.3. The van der Waals surface area contributed by atoms with E-state index in [1.807, 2.05) is 17.8 Å². The van der Waals surface area contributed by atoms with Gasteiger partial charge in [0.25, 0.3) is 0 Å². The first-order valence-electron chi connectivity index (χ1n) is 6.22. The molecule has 0 bridgehead atoms. The average molecular weight is 236 g/mol. The number of imidazole rings is 1. The standard InChI is InChI=1S/C12H20N4O/c1-13-6-11-7-16(9-14-11)8-12(17)15-10-4-2-3-5-10/h7,9-10,13H,2-6,8H2,1H3,(H,15,17). The molecule has 0 aliphatic heterocycles. The molecule has 1 amide bonds. The van der Waals surface area contributed by atoms with Crippen molar-refractivity contribution in [2.45, 2.75) is 44.8 Å². The summed E-state index contributed by atoms with van der Waals surface area (Å²) in [6.07, 6.45) is 8.34. The second-order valence-corrected chi connectivity index (χ2v) is 4.62. The first kappa shape index (κ1) is 12.1. The van der Waals surface area contributed by atoms with Gasteiger partial charge >= 0.3 is 0 Å². The zero-order chi connectivity index (χ0) is 12.1. The lowest BCUT2D eigenvalue weighted by Gasteiger charge is -2.11. The molecule has 5 heteroatoms. The highest BCUT2D eigenvalue weighted by Crippen LogP contribution is 2.17. The molecule has 5 nitrogen and oxygen atoms in total.